The van der Waals surface area contributed by atoms with E-state index in [0.29, 0.717) is 35.1 Å². The minimum Gasteiger partial charge on any atom is -0.493 e. The summed E-state index contributed by atoms with van der Waals surface area (Å²) in [4.78, 5) is 0. The number of nitrogens with two attached hydrogens (primary N) is 1. The second-order valence-corrected chi connectivity index (χ2v) is 3.76. The number of hydrogen-bond acceptors (Lipinski definition) is 4. The lowest BCUT2D eigenvalue weighted by atomic mass is 10.0. The number of methoxy groups -OCH3 is 2. The van der Waals surface area contributed by atoms with Crippen molar-refractivity contribution in [2.24, 2.45) is 5.73 Å². The standard InChI is InChI=1S/C11H16ClNO3/c1-15-10-6-7(12)5-8(11(10)16-2)9(14)3-4-13/h5-6,9,14H,3-4,13H2,1-2H3/t9-/m0/s1. The summed E-state index contributed by atoms with van der Waals surface area (Å²) in [6.07, 6.45) is -0.257. The Hall–Kier alpha value is -0.970. The lowest BCUT2D eigenvalue weighted by molar-refractivity contribution is 0.165. The van der Waals surface area contributed by atoms with Gasteiger partial charge >= 0.3 is 0 Å². The van der Waals surface area contributed by atoms with Crippen molar-refractivity contribution in [3.8, 4) is 11.5 Å². The summed E-state index contributed by atoms with van der Waals surface area (Å²) in [6, 6.07) is 3.29. The zero-order chi connectivity index (χ0) is 12.1. The molecule has 0 radical (unpaired) electrons. The van der Waals surface area contributed by atoms with Crippen LogP contribution in [0.25, 0.3) is 0 Å². The number of halogens is 1. The zero-order valence-corrected chi connectivity index (χ0v) is 10.1. The molecule has 4 nitrogen and oxygen atoms in total. The van der Waals surface area contributed by atoms with E-state index in [4.69, 9.17) is 26.8 Å². The number of benzene rings is 1. The summed E-state index contributed by atoms with van der Waals surface area (Å²) in [5, 5.41) is 10.4. The molecular weight excluding hydrogens is 230 g/mol. The maximum atomic E-state index is 9.90. The molecule has 0 fully saturated rings. The molecule has 5 heteroatoms. The second kappa shape index (κ2) is 5.94. The van der Waals surface area contributed by atoms with Gasteiger partial charge in [-0.05, 0) is 19.0 Å². The SMILES string of the molecule is COc1cc(Cl)cc([C@@H](O)CCN)c1OC. The molecule has 90 valence electrons. The molecule has 0 spiro atoms. The molecular formula is C11H16ClNO3. The van der Waals surface area contributed by atoms with Crippen LogP contribution in [0.2, 0.25) is 5.02 Å². The van der Waals surface area contributed by atoms with E-state index in [1.54, 1.807) is 12.1 Å². The summed E-state index contributed by atoms with van der Waals surface area (Å²) in [5.41, 5.74) is 6.00. The van der Waals surface area contributed by atoms with E-state index < -0.39 is 6.10 Å². The summed E-state index contributed by atoms with van der Waals surface area (Å²) >= 11 is 5.92. The van der Waals surface area contributed by atoms with E-state index >= 15 is 0 Å². The van der Waals surface area contributed by atoms with Crippen LogP contribution in [0.3, 0.4) is 0 Å². The molecule has 0 saturated carbocycles. The van der Waals surface area contributed by atoms with Crippen molar-refractivity contribution in [3.05, 3.63) is 22.7 Å². The third-order valence-electron chi connectivity index (χ3n) is 2.27. The predicted octanol–water partition coefficient (Wildman–Crippen LogP) is 1.74. The highest BCUT2D eigenvalue weighted by Crippen LogP contribution is 2.38. The van der Waals surface area contributed by atoms with Gasteiger partial charge in [0.05, 0.1) is 20.3 Å². The van der Waals surface area contributed by atoms with Crippen molar-refractivity contribution in [1.29, 1.82) is 0 Å². The first-order valence-corrected chi connectivity index (χ1v) is 5.31. The Morgan fingerprint density at radius 3 is 2.56 bits per heavy atom. The van der Waals surface area contributed by atoms with Crippen LogP contribution in [0.5, 0.6) is 11.5 Å². The number of ether oxygens (including phenoxy) is 2. The first kappa shape index (κ1) is 13.1. The molecule has 1 aromatic carbocycles. The smallest absolute Gasteiger partial charge is 0.166 e. The van der Waals surface area contributed by atoms with Crippen LogP contribution in [-0.2, 0) is 0 Å². The number of hydrogen-bond donors (Lipinski definition) is 2. The Kier molecular flexibility index (Phi) is 4.86. The molecule has 0 aliphatic heterocycles. The Labute approximate surface area is 99.9 Å². The van der Waals surface area contributed by atoms with Crippen LogP contribution >= 0.6 is 11.6 Å². The van der Waals surface area contributed by atoms with Crippen molar-refractivity contribution < 1.29 is 14.6 Å². The lowest BCUT2D eigenvalue weighted by Gasteiger charge is -2.17. The van der Waals surface area contributed by atoms with Crippen molar-refractivity contribution >= 4 is 11.6 Å². The fraction of sp³-hybridized carbons (Fsp3) is 0.455. The molecule has 1 rings (SSSR count). The van der Waals surface area contributed by atoms with E-state index in [1.165, 1.54) is 14.2 Å². The predicted molar refractivity (Wildman–Crippen MR) is 63.2 cm³/mol. The van der Waals surface area contributed by atoms with Gasteiger partial charge in [0.25, 0.3) is 0 Å². The molecule has 0 heterocycles. The quantitative estimate of drug-likeness (QED) is 0.829. The molecule has 0 amide bonds. The van der Waals surface area contributed by atoms with Crippen LogP contribution < -0.4 is 15.2 Å². The first-order chi connectivity index (χ1) is 7.63. The third-order valence-corrected chi connectivity index (χ3v) is 2.49. The summed E-state index contributed by atoms with van der Waals surface area (Å²) < 4.78 is 10.3. The highest BCUT2D eigenvalue weighted by atomic mass is 35.5. The van der Waals surface area contributed by atoms with Gasteiger partial charge in [0.2, 0.25) is 0 Å². The van der Waals surface area contributed by atoms with Crippen molar-refractivity contribution in [2.45, 2.75) is 12.5 Å². The molecule has 0 bridgehead atoms. The van der Waals surface area contributed by atoms with Crippen molar-refractivity contribution in [3.63, 3.8) is 0 Å². The second-order valence-electron chi connectivity index (χ2n) is 3.32. The van der Waals surface area contributed by atoms with E-state index in [0.717, 1.165) is 0 Å². The van der Waals surface area contributed by atoms with Gasteiger partial charge in [-0.15, -0.1) is 0 Å². The van der Waals surface area contributed by atoms with E-state index in [2.05, 4.69) is 0 Å². The highest BCUT2D eigenvalue weighted by Gasteiger charge is 2.17. The number of aliphatic hydroxyl groups excluding tert-OH is 1. The van der Waals surface area contributed by atoms with E-state index in [9.17, 15) is 5.11 Å². The maximum Gasteiger partial charge on any atom is 0.166 e. The van der Waals surface area contributed by atoms with Crippen LogP contribution in [0.1, 0.15) is 18.1 Å². The lowest BCUT2D eigenvalue weighted by Crippen LogP contribution is -2.08. The Morgan fingerprint density at radius 2 is 2.06 bits per heavy atom. The molecule has 0 saturated heterocycles. The monoisotopic (exact) mass is 245 g/mol. The minimum absolute atomic E-state index is 0.388. The minimum atomic E-state index is -0.701. The molecule has 1 aromatic rings. The number of rotatable bonds is 5. The molecule has 0 aromatic heterocycles. The average molecular weight is 246 g/mol. The topological polar surface area (TPSA) is 64.7 Å². The fourth-order valence-electron chi connectivity index (χ4n) is 1.52. The van der Waals surface area contributed by atoms with Crippen molar-refractivity contribution in [1.82, 2.24) is 0 Å². The molecule has 3 N–H and O–H groups in total. The number of aliphatic hydroxyl groups is 1. The van der Waals surface area contributed by atoms with Gasteiger partial charge in [-0.1, -0.05) is 11.6 Å². The van der Waals surface area contributed by atoms with Gasteiger partial charge in [-0.25, -0.2) is 0 Å². The summed E-state index contributed by atoms with van der Waals surface area (Å²) in [5.74, 6) is 0.994. The normalized spacial score (nSPS) is 12.3. The van der Waals surface area contributed by atoms with Crippen molar-refractivity contribution in [2.75, 3.05) is 20.8 Å². The molecule has 0 unspecified atom stereocenters. The van der Waals surface area contributed by atoms with Gasteiger partial charge in [-0.3, -0.25) is 0 Å². The van der Waals surface area contributed by atoms with E-state index in [-0.39, 0.29) is 0 Å². The molecule has 16 heavy (non-hydrogen) atoms. The van der Waals surface area contributed by atoms with Gasteiger partial charge < -0.3 is 20.3 Å². The summed E-state index contributed by atoms with van der Waals surface area (Å²) in [7, 11) is 3.04. The first-order valence-electron chi connectivity index (χ1n) is 4.93. The van der Waals surface area contributed by atoms with Crippen LogP contribution in [0.4, 0.5) is 0 Å². The van der Waals surface area contributed by atoms with Gasteiger partial charge in [0, 0.05) is 16.7 Å². The van der Waals surface area contributed by atoms with Gasteiger partial charge in [0.1, 0.15) is 0 Å². The van der Waals surface area contributed by atoms with Crippen LogP contribution in [0, 0.1) is 0 Å². The van der Waals surface area contributed by atoms with Crippen LogP contribution in [0.15, 0.2) is 12.1 Å². The summed E-state index contributed by atoms with van der Waals surface area (Å²) in [6.45, 7) is 0.388. The third kappa shape index (κ3) is 2.78. The average Bonchev–Trinajstić information content (AvgIpc) is 2.28. The van der Waals surface area contributed by atoms with Gasteiger partial charge in [0.15, 0.2) is 11.5 Å². The molecule has 1 atom stereocenters. The van der Waals surface area contributed by atoms with Gasteiger partial charge in [-0.2, -0.15) is 0 Å². The molecule has 0 aliphatic rings. The largest absolute Gasteiger partial charge is 0.493 e. The Balaban J connectivity index is 3.19. The fourth-order valence-corrected chi connectivity index (χ4v) is 1.74. The highest BCUT2D eigenvalue weighted by molar-refractivity contribution is 6.30. The zero-order valence-electron chi connectivity index (χ0n) is 9.37. The maximum absolute atomic E-state index is 9.90. The Bertz CT molecular complexity index is 357. The van der Waals surface area contributed by atoms with Crippen LogP contribution in [-0.4, -0.2) is 25.9 Å². The molecule has 0 aliphatic carbocycles. The van der Waals surface area contributed by atoms with E-state index in [1.807, 2.05) is 0 Å². The Morgan fingerprint density at radius 1 is 1.38 bits per heavy atom.